The molecule has 8 heteroatoms. The van der Waals surface area contributed by atoms with Gasteiger partial charge in [0.25, 0.3) is 11.8 Å². The zero-order valence-electron chi connectivity index (χ0n) is 15.8. The van der Waals surface area contributed by atoms with Crippen LogP contribution in [0.4, 0.5) is 5.69 Å². The zero-order chi connectivity index (χ0) is 21.7. The van der Waals surface area contributed by atoms with E-state index in [0.717, 1.165) is 0 Å². The van der Waals surface area contributed by atoms with E-state index in [1.165, 1.54) is 30.3 Å². The number of halogens is 2. The van der Waals surface area contributed by atoms with Gasteiger partial charge in [0, 0.05) is 16.3 Å². The van der Waals surface area contributed by atoms with E-state index in [2.05, 4.69) is 15.8 Å². The third-order valence-electron chi connectivity index (χ3n) is 4.17. The van der Waals surface area contributed by atoms with Crippen molar-refractivity contribution in [2.24, 2.45) is 5.10 Å². The lowest BCUT2D eigenvalue weighted by Crippen LogP contribution is -2.19. The van der Waals surface area contributed by atoms with Crippen LogP contribution in [-0.2, 0) is 0 Å². The molecule has 0 radical (unpaired) electrons. The van der Waals surface area contributed by atoms with E-state index >= 15 is 0 Å². The number of phenolic OH excluding ortho intramolecular Hbond substituents is 1. The average molecular weight is 442 g/mol. The highest BCUT2D eigenvalue weighted by molar-refractivity contribution is 6.37. The predicted molar refractivity (Wildman–Crippen MR) is 119 cm³/mol. The van der Waals surface area contributed by atoms with Crippen molar-refractivity contribution in [1.82, 2.24) is 5.43 Å². The van der Waals surface area contributed by atoms with Crippen LogP contribution in [0.3, 0.4) is 0 Å². The largest absolute Gasteiger partial charge is 0.508 e. The summed E-state index contributed by atoms with van der Waals surface area (Å²) in [4.78, 5) is 24.6. The number of carbonyl (C=O) groups is 2. The quantitative estimate of drug-likeness (QED) is 0.379. The van der Waals surface area contributed by atoms with Crippen LogP contribution in [0.15, 0.2) is 71.8 Å². The molecular weight excluding hydrogens is 425 g/mol. The minimum absolute atomic E-state index is 0.0741. The Labute approximate surface area is 183 Å². The predicted octanol–water partition coefficient (Wildman–Crippen LogP) is 5.11. The van der Waals surface area contributed by atoms with Crippen molar-refractivity contribution in [3.8, 4) is 5.75 Å². The first-order chi connectivity index (χ1) is 14.3. The van der Waals surface area contributed by atoms with Gasteiger partial charge in [0.05, 0.1) is 16.3 Å². The number of nitrogens with zero attached hydrogens (tertiary/aromatic N) is 1. The van der Waals surface area contributed by atoms with Gasteiger partial charge in [-0.15, -0.1) is 0 Å². The number of amides is 2. The summed E-state index contributed by atoms with van der Waals surface area (Å²) < 4.78 is 0. The number of carbonyl (C=O) groups excluding carboxylic acids is 2. The molecular formula is C22H17Cl2N3O3. The van der Waals surface area contributed by atoms with Crippen LogP contribution in [0.5, 0.6) is 5.75 Å². The fourth-order valence-electron chi connectivity index (χ4n) is 2.57. The summed E-state index contributed by atoms with van der Waals surface area (Å²) in [7, 11) is 0. The smallest absolute Gasteiger partial charge is 0.271 e. The van der Waals surface area contributed by atoms with Gasteiger partial charge in [0.15, 0.2) is 0 Å². The molecule has 152 valence electrons. The first-order valence-electron chi connectivity index (χ1n) is 8.84. The highest BCUT2D eigenvalue weighted by atomic mass is 35.5. The molecule has 0 aromatic heterocycles. The molecule has 3 rings (SSSR count). The number of hydrazone groups is 1. The van der Waals surface area contributed by atoms with Gasteiger partial charge in [-0.05, 0) is 67.1 Å². The number of rotatable bonds is 5. The minimum Gasteiger partial charge on any atom is -0.508 e. The van der Waals surface area contributed by atoms with Crippen LogP contribution in [-0.4, -0.2) is 22.6 Å². The van der Waals surface area contributed by atoms with Gasteiger partial charge in [0.1, 0.15) is 5.75 Å². The van der Waals surface area contributed by atoms with E-state index in [1.54, 1.807) is 43.3 Å². The number of benzene rings is 3. The maximum Gasteiger partial charge on any atom is 0.271 e. The number of hydrogen-bond donors (Lipinski definition) is 3. The number of hydrogen-bond acceptors (Lipinski definition) is 4. The van der Waals surface area contributed by atoms with Crippen molar-refractivity contribution in [1.29, 1.82) is 0 Å². The second kappa shape index (κ2) is 9.43. The summed E-state index contributed by atoms with van der Waals surface area (Å²) in [5.74, 6) is -0.704. The molecule has 3 aromatic rings. The molecule has 30 heavy (non-hydrogen) atoms. The monoisotopic (exact) mass is 441 g/mol. The molecule has 0 bridgehead atoms. The van der Waals surface area contributed by atoms with E-state index in [-0.39, 0.29) is 16.7 Å². The average Bonchev–Trinajstić information content (AvgIpc) is 2.72. The first-order valence-corrected chi connectivity index (χ1v) is 9.59. The Morgan fingerprint density at radius 3 is 2.33 bits per heavy atom. The molecule has 0 fully saturated rings. The second-order valence-corrected chi connectivity index (χ2v) is 7.19. The van der Waals surface area contributed by atoms with Crippen molar-refractivity contribution in [3.05, 3.63) is 93.5 Å². The number of phenols is 1. The number of aromatic hydroxyl groups is 1. The highest BCUT2D eigenvalue weighted by Gasteiger charge is 2.12. The molecule has 0 unspecified atom stereocenters. The van der Waals surface area contributed by atoms with Crippen LogP contribution in [0.25, 0.3) is 0 Å². The van der Waals surface area contributed by atoms with Crippen LogP contribution >= 0.6 is 23.2 Å². The van der Waals surface area contributed by atoms with Gasteiger partial charge in [-0.1, -0.05) is 35.3 Å². The Bertz CT molecular complexity index is 1130. The van der Waals surface area contributed by atoms with E-state index < -0.39 is 5.91 Å². The Morgan fingerprint density at radius 2 is 1.63 bits per heavy atom. The van der Waals surface area contributed by atoms with Gasteiger partial charge in [-0.3, -0.25) is 9.59 Å². The summed E-state index contributed by atoms with van der Waals surface area (Å²) >= 11 is 11.9. The standard InChI is InChI=1S/C22H17Cl2N3O3/c1-13(26-27-21(29)14-5-8-18(28)9-6-14)15-3-2-4-17(11-15)25-22(30)19-10-7-16(23)12-20(19)24/h2-12,28H,1H3,(H,25,30)(H,27,29). The van der Waals surface area contributed by atoms with Crippen molar-refractivity contribution in [2.75, 3.05) is 5.32 Å². The summed E-state index contributed by atoms with van der Waals surface area (Å²) in [5, 5.41) is 16.9. The molecule has 0 aliphatic heterocycles. The lowest BCUT2D eigenvalue weighted by molar-refractivity contribution is 0.0954. The van der Waals surface area contributed by atoms with Crippen molar-refractivity contribution in [3.63, 3.8) is 0 Å². The maximum absolute atomic E-state index is 12.5. The Morgan fingerprint density at radius 1 is 0.900 bits per heavy atom. The van der Waals surface area contributed by atoms with Crippen molar-refractivity contribution < 1.29 is 14.7 Å². The fourth-order valence-corrected chi connectivity index (χ4v) is 3.06. The molecule has 3 aromatic carbocycles. The van der Waals surface area contributed by atoms with E-state index in [9.17, 15) is 14.7 Å². The summed E-state index contributed by atoms with van der Waals surface area (Å²) in [5.41, 5.74) is 4.93. The first kappa shape index (κ1) is 21.4. The van der Waals surface area contributed by atoms with Crippen LogP contribution in [0, 0.1) is 0 Å². The molecule has 0 atom stereocenters. The summed E-state index contributed by atoms with van der Waals surface area (Å²) in [6.07, 6.45) is 0. The maximum atomic E-state index is 12.5. The lowest BCUT2D eigenvalue weighted by atomic mass is 10.1. The van der Waals surface area contributed by atoms with E-state index in [0.29, 0.717) is 33.1 Å². The normalized spacial score (nSPS) is 11.1. The Kier molecular flexibility index (Phi) is 6.72. The van der Waals surface area contributed by atoms with Crippen LogP contribution in [0.1, 0.15) is 33.2 Å². The summed E-state index contributed by atoms with van der Waals surface area (Å²) in [6.45, 7) is 1.73. The molecule has 0 spiro atoms. The minimum atomic E-state index is -0.406. The van der Waals surface area contributed by atoms with Gasteiger partial charge in [-0.25, -0.2) is 5.43 Å². The topological polar surface area (TPSA) is 90.8 Å². The van der Waals surface area contributed by atoms with E-state index in [4.69, 9.17) is 23.2 Å². The second-order valence-electron chi connectivity index (χ2n) is 6.34. The van der Waals surface area contributed by atoms with Gasteiger partial charge >= 0.3 is 0 Å². The van der Waals surface area contributed by atoms with Gasteiger partial charge < -0.3 is 10.4 Å². The zero-order valence-corrected chi connectivity index (χ0v) is 17.3. The molecule has 0 heterocycles. The van der Waals surface area contributed by atoms with Gasteiger partial charge in [0.2, 0.25) is 0 Å². The molecule has 3 N–H and O–H groups in total. The Hall–Kier alpha value is -3.35. The SMILES string of the molecule is CC(=NNC(=O)c1ccc(O)cc1)c1cccc(NC(=O)c2ccc(Cl)cc2Cl)c1. The molecule has 0 saturated heterocycles. The third-order valence-corrected chi connectivity index (χ3v) is 4.72. The number of nitrogens with one attached hydrogen (secondary N) is 2. The molecule has 2 amide bonds. The molecule has 0 aliphatic rings. The molecule has 6 nitrogen and oxygen atoms in total. The molecule has 0 aliphatic carbocycles. The lowest BCUT2D eigenvalue weighted by Gasteiger charge is -2.09. The summed E-state index contributed by atoms with van der Waals surface area (Å²) in [6, 6.07) is 17.5. The van der Waals surface area contributed by atoms with Crippen molar-refractivity contribution in [2.45, 2.75) is 6.92 Å². The van der Waals surface area contributed by atoms with Crippen molar-refractivity contribution >= 4 is 46.4 Å². The third kappa shape index (κ3) is 5.37. The van der Waals surface area contributed by atoms with Crippen LogP contribution in [0.2, 0.25) is 10.0 Å². The molecule has 0 saturated carbocycles. The Balaban J connectivity index is 1.70. The highest BCUT2D eigenvalue weighted by Crippen LogP contribution is 2.22. The van der Waals surface area contributed by atoms with E-state index in [1.807, 2.05) is 0 Å². The number of anilines is 1. The fraction of sp³-hybridized carbons (Fsp3) is 0.0455. The van der Waals surface area contributed by atoms with Crippen LogP contribution < -0.4 is 10.7 Å². The van der Waals surface area contributed by atoms with Gasteiger partial charge in [-0.2, -0.15) is 5.10 Å².